The Kier molecular flexibility index (Phi) is 2.85. The molecule has 0 radical (unpaired) electrons. The summed E-state index contributed by atoms with van der Waals surface area (Å²) >= 11 is 2.73. The second-order valence-corrected chi connectivity index (χ2v) is 6.51. The highest BCUT2D eigenvalue weighted by molar-refractivity contribution is 8.00. The predicted octanol–water partition coefficient (Wildman–Crippen LogP) is 3.52. The van der Waals surface area contributed by atoms with Crippen LogP contribution in [0.5, 0.6) is 0 Å². The predicted molar refractivity (Wildman–Crippen MR) is 72.7 cm³/mol. The molecule has 0 saturated heterocycles. The van der Waals surface area contributed by atoms with Crippen LogP contribution in [0.15, 0.2) is 30.7 Å². The first-order valence-electron chi connectivity index (χ1n) is 6.19. The van der Waals surface area contributed by atoms with E-state index in [0.717, 1.165) is 21.5 Å². The van der Waals surface area contributed by atoms with E-state index in [1.165, 1.54) is 36.1 Å². The van der Waals surface area contributed by atoms with Gasteiger partial charge in [0.15, 0.2) is 4.34 Å². The Morgan fingerprint density at radius 1 is 1.35 bits per heavy atom. The number of aryl methyl sites for hydroxylation is 1. The van der Waals surface area contributed by atoms with E-state index in [4.69, 9.17) is 8.83 Å². The summed E-state index contributed by atoms with van der Waals surface area (Å²) in [5, 5.41) is 8.52. The van der Waals surface area contributed by atoms with Crippen molar-refractivity contribution in [1.29, 1.82) is 0 Å². The molecular weight excluding hydrogens is 296 g/mol. The van der Waals surface area contributed by atoms with Gasteiger partial charge in [-0.1, -0.05) is 0 Å². The average molecular weight is 306 g/mol. The summed E-state index contributed by atoms with van der Waals surface area (Å²) in [4.78, 5) is 4.48. The van der Waals surface area contributed by atoms with E-state index in [1.807, 2.05) is 13.0 Å². The zero-order valence-corrected chi connectivity index (χ0v) is 12.2. The Morgan fingerprint density at radius 3 is 3.00 bits per heavy atom. The molecule has 1 saturated carbocycles. The molecule has 3 aromatic rings. The molecule has 1 aliphatic rings. The monoisotopic (exact) mass is 306 g/mol. The molecule has 0 amide bonds. The van der Waals surface area contributed by atoms with E-state index in [1.54, 1.807) is 6.26 Å². The van der Waals surface area contributed by atoms with Crippen LogP contribution in [0.1, 0.15) is 30.3 Å². The third-order valence-electron chi connectivity index (χ3n) is 3.04. The molecule has 0 unspecified atom stereocenters. The van der Waals surface area contributed by atoms with E-state index in [9.17, 15) is 0 Å². The van der Waals surface area contributed by atoms with Gasteiger partial charge in [-0.15, -0.1) is 10.2 Å². The molecular formula is C12H10N4O2S2. The number of furan rings is 1. The van der Waals surface area contributed by atoms with Gasteiger partial charge in [-0.25, -0.2) is 4.98 Å². The van der Waals surface area contributed by atoms with Crippen molar-refractivity contribution < 1.29 is 8.83 Å². The lowest BCUT2D eigenvalue weighted by Gasteiger charge is -1.90. The number of aromatic nitrogens is 4. The Morgan fingerprint density at radius 2 is 2.25 bits per heavy atom. The van der Waals surface area contributed by atoms with Gasteiger partial charge < -0.3 is 8.83 Å². The quantitative estimate of drug-likeness (QED) is 0.729. The largest absolute Gasteiger partial charge is 0.469 e. The lowest BCUT2D eigenvalue weighted by molar-refractivity contribution is 0.463. The minimum absolute atomic E-state index is 0.464. The zero-order chi connectivity index (χ0) is 13.5. The van der Waals surface area contributed by atoms with Crippen LogP contribution in [0.2, 0.25) is 0 Å². The van der Waals surface area contributed by atoms with E-state index in [0.29, 0.717) is 17.0 Å². The van der Waals surface area contributed by atoms with Crippen molar-refractivity contribution in [2.75, 3.05) is 0 Å². The zero-order valence-electron chi connectivity index (χ0n) is 10.6. The fourth-order valence-electron chi connectivity index (χ4n) is 1.81. The maximum Gasteiger partial charge on any atom is 0.284 e. The van der Waals surface area contributed by atoms with Gasteiger partial charge >= 0.3 is 0 Å². The highest BCUT2D eigenvalue weighted by Gasteiger charge is 2.28. The molecule has 3 heterocycles. The highest BCUT2D eigenvalue weighted by atomic mass is 32.2. The summed E-state index contributed by atoms with van der Waals surface area (Å²) < 4.78 is 16.0. The van der Waals surface area contributed by atoms with Crippen molar-refractivity contribution >= 4 is 23.3 Å². The number of nitrogens with zero attached hydrogens (tertiary/aromatic N) is 4. The molecule has 102 valence electrons. The number of hydrogen-bond donors (Lipinski definition) is 0. The van der Waals surface area contributed by atoms with Crippen LogP contribution in [0, 0.1) is 6.92 Å². The average Bonchev–Trinajstić information content (AvgIpc) is 2.86. The molecule has 3 aromatic heterocycles. The molecule has 0 aromatic carbocycles. The van der Waals surface area contributed by atoms with E-state index >= 15 is 0 Å². The number of hydrogen-bond acceptors (Lipinski definition) is 8. The fourth-order valence-corrected chi connectivity index (χ4v) is 3.27. The Bertz CT molecular complexity index is 744. The van der Waals surface area contributed by atoms with Crippen LogP contribution in [0.4, 0.5) is 0 Å². The molecule has 0 bridgehead atoms. The van der Waals surface area contributed by atoms with Gasteiger partial charge in [0, 0.05) is 17.7 Å². The van der Waals surface area contributed by atoms with Crippen molar-refractivity contribution in [3.63, 3.8) is 0 Å². The second-order valence-electron chi connectivity index (χ2n) is 4.56. The van der Waals surface area contributed by atoms with Gasteiger partial charge in [0.1, 0.15) is 11.6 Å². The van der Waals surface area contributed by atoms with E-state index in [2.05, 4.69) is 19.6 Å². The van der Waals surface area contributed by atoms with Crippen molar-refractivity contribution in [3.05, 3.63) is 23.9 Å². The molecule has 8 heteroatoms. The van der Waals surface area contributed by atoms with E-state index < -0.39 is 0 Å². The standard InChI is InChI=1S/C12H10N4O2S2/c1-6-8(4-5-17-6)10-14-15-11(18-10)19-12-13-9(16-20-12)7-2-3-7/h4-5,7H,2-3H2,1H3. The Labute approximate surface area is 122 Å². The van der Waals surface area contributed by atoms with Crippen LogP contribution in [-0.4, -0.2) is 19.6 Å². The lowest BCUT2D eigenvalue weighted by Crippen LogP contribution is -1.80. The van der Waals surface area contributed by atoms with Crippen molar-refractivity contribution in [1.82, 2.24) is 19.6 Å². The first-order chi connectivity index (χ1) is 9.79. The third kappa shape index (κ3) is 2.25. The molecule has 4 rings (SSSR count). The molecule has 0 N–H and O–H groups in total. The smallest absolute Gasteiger partial charge is 0.284 e. The van der Waals surface area contributed by atoms with Crippen LogP contribution in [0.25, 0.3) is 11.5 Å². The normalized spacial score (nSPS) is 14.8. The van der Waals surface area contributed by atoms with Gasteiger partial charge in [-0.3, -0.25) is 0 Å². The molecule has 20 heavy (non-hydrogen) atoms. The van der Waals surface area contributed by atoms with Gasteiger partial charge in [0.25, 0.3) is 11.1 Å². The lowest BCUT2D eigenvalue weighted by atomic mass is 10.3. The third-order valence-corrected chi connectivity index (χ3v) is 4.64. The highest BCUT2D eigenvalue weighted by Crippen LogP contribution is 2.40. The summed E-state index contributed by atoms with van der Waals surface area (Å²) in [5.74, 6) is 2.73. The van der Waals surface area contributed by atoms with Gasteiger partial charge in [-0.2, -0.15) is 4.37 Å². The maximum absolute atomic E-state index is 5.62. The second kappa shape index (κ2) is 4.71. The van der Waals surface area contributed by atoms with E-state index in [-0.39, 0.29) is 0 Å². The summed E-state index contributed by atoms with van der Waals surface area (Å²) in [6, 6.07) is 1.81. The molecule has 0 aliphatic heterocycles. The minimum Gasteiger partial charge on any atom is -0.469 e. The van der Waals surface area contributed by atoms with Crippen molar-refractivity contribution in [3.8, 4) is 11.5 Å². The molecule has 6 nitrogen and oxygen atoms in total. The number of rotatable bonds is 4. The van der Waals surface area contributed by atoms with Crippen LogP contribution in [-0.2, 0) is 0 Å². The first kappa shape index (κ1) is 12.1. The Balaban J connectivity index is 1.54. The molecule has 0 spiro atoms. The molecule has 1 fully saturated rings. The maximum atomic E-state index is 5.62. The van der Waals surface area contributed by atoms with Gasteiger partial charge in [0.2, 0.25) is 0 Å². The van der Waals surface area contributed by atoms with Crippen LogP contribution < -0.4 is 0 Å². The van der Waals surface area contributed by atoms with Crippen LogP contribution >= 0.6 is 23.3 Å². The van der Waals surface area contributed by atoms with Crippen molar-refractivity contribution in [2.45, 2.75) is 35.2 Å². The minimum atomic E-state index is 0.464. The van der Waals surface area contributed by atoms with Crippen LogP contribution in [0.3, 0.4) is 0 Å². The summed E-state index contributed by atoms with van der Waals surface area (Å²) in [7, 11) is 0. The fraction of sp³-hybridized carbons (Fsp3) is 0.333. The first-order valence-corrected chi connectivity index (χ1v) is 7.78. The Hall–Kier alpha value is -1.67. The summed E-state index contributed by atoms with van der Waals surface area (Å²) in [5.41, 5.74) is 0.820. The topological polar surface area (TPSA) is 77.8 Å². The SMILES string of the molecule is Cc1occc1-c1nnc(Sc2nc(C3CC3)ns2)o1. The summed E-state index contributed by atoms with van der Waals surface area (Å²) in [6.45, 7) is 1.86. The van der Waals surface area contributed by atoms with Crippen molar-refractivity contribution in [2.24, 2.45) is 0 Å². The molecule has 0 atom stereocenters. The summed E-state index contributed by atoms with van der Waals surface area (Å²) in [6.07, 6.45) is 4.00. The van der Waals surface area contributed by atoms with Gasteiger partial charge in [-0.05, 0) is 37.4 Å². The molecule has 1 aliphatic carbocycles. The van der Waals surface area contributed by atoms with Gasteiger partial charge in [0.05, 0.1) is 11.8 Å².